The van der Waals surface area contributed by atoms with Crippen LogP contribution in [0.2, 0.25) is 0 Å². The molecule has 1 aliphatic rings. The lowest BCUT2D eigenvalue weighted by Crippen LogP contribution is -2.49. The molecule has 0 radical (unpaired) electrons. The number of aryl methyl sites for hydroxylation is 2. The van der Waals surface area contributed by atoms with Crippen LogP contribution in [0.5, 0.6) is 0 Å². The van der Waals surface area contributed by atoms with E-state index in [4.69, 9.17) is 0 Å². The van der Waals surface area contributed by atoms with Gasteiger partial charge in [-0.25, -0.2) is 8.42 Å². The van der Waals surface area contributed by atoms with Gasteiger partial charge in [0.1, 0.15) is 0 Å². The zero-order chi connectivity index (χ0) is 19.5. The van der Waals surface area contributed by atoms with Crippen molar-refractivity contribution in [3.63, 3.8) is 0 Å². The number of nitrogens with one attached hydrogen (secondary N) is 1. The largest absolute Gasteiger partial charge is 0.329 e. The first-order chi connectivity index (χ1) is 12.1. The Kier molecular flexibility index (Phi) is 6.41. The first-order valence-corrected chi connectivity index (χ1v) is 10.5. The summed E-state index contributed by atoms with van der Waals surface area (Å²) in [6.07, 6.45) is 0.373. The van der Waals surface area contributed by atoms with Gasteiger partial charge in [-0.05, 0) is 45.5 Å². The van der Waals surface area contributed by atoms with Crippen LogP contribution in [0.1, 0.15) is 17.5 Å². The normalized spacial score (nSPS) is 18.7. The van der Waals surface area contributed by atoms with E-state index in [-0.39, 0.29) is 11.5 Å². The average molecular weight is 381 g/mol. The van der Waals surface area contributed by atoms with Gasteiger partial charge in [0, 0.05) is 24.8 Å². The topological polar surface area (TPSA) is 86.8 Å². The summed E-state index contributed by atoms with van der Waals surface area (Å²) in [5.74, 6) is -1.44. The zero-order valence-electron chi connectivity index (χ0n) is 15.8. The number of rotatable bonds is 5. The highest BCUT2D eigenvalue weighted by atomic mass is 32.2. The minimum absolute atomic E-state index is 0.0575. The van der Waals surface area contributed by atoms with Gasteiger partial charge in [0.2, 0.25) is 0 Å². The van der Waals surface area contributed by atoms with Gasteiger partial charge in [-0.1, -0.05) is 18.2 Å². The van der Waals surface area contributed by atoms with Crippen LogP contribution in [-0.2, 0) is 19.4 Å². The molecule has 1 aromatic carbocycles. The first kappa shape index (κ1) is 20.4. The number of carbonyl (C=O) groups is 2. The summed E-state index contributed by atoms with van der Waals surface area (Å²) in [5.41, 5.74) is 2.36. The molecule has 8 heteroatoms. The van der Waals surface area contributed by atoms with Gasteiger partial charge in [-0.3, -0.25) is 9.59 Å². The molecule has 0 saturated carbocycles. The van der Waals surface area contributed by atoms with E-state index in [1.807, 2.05) is 51.0 Å². The molecule has 2 amide bonds. The number of para-hydroxylation sites is 1. The highest BCUT2D eigenvalue weighted by Crippen LogP contribution is 2.21. The van der Waals surface area contributed by atoms with Crippen LogP contribution in [0.25, 0.3) is 0 Å². The quantitative estimate of drug-likeness (QED) is 0.763. The Balaban J connectivity index is 2.18. The van der Waals surface area contributed by atoms with Crippen molar-refractivity contribution >= 4 is 27.3 Å². The predicted molar refractivity (Wildman–Crippen MR) is 102 cm³/mol. The average Bonchev–Trinajstić information content (AvgIpc) is 2.90. The van der Waals surface area contributed by atoms with Crippen LogP contribution in [0.3, 0.4) is 0 Å². The standard InChI is InChI=1S/C18H27N3O4S/c1-13-6-5-7-14(2)16(13)19-17(22)18(23)21(10-9-20(3)4)15-8-11-26(24,25)12-15/h5-7,15H,8-12H2,1-4H3,(H,19,22). The van der Waals surface area contributed by atoms with Crippen molar-refractivity contribution in [2.45, 2.75) is 26.3 Å². The molecule has 0 aliphatic carbocycles. The lowest BCUT2D eigenvalue weighted by atomic mass is 10.1. The van der Waals surface area contributed by atoms with Crippen molar-refractivity contribution in [1.82, 2.24) is 9.80 Å². The van der Waals surface area contributed by atoms with Gasteiger partial charge in [-0.2, -0.15) is 0 Å². The maximum absolute atomic E-state index is 12.8. The number of amides is 2. The first-order valence-electron chi connectivity index (χ1n) is 8.64. The Bertz CT molecular complexity index is 769. The molecule has 1 aromatic rings. The van der Waals surface area contributed by atoms with Crippen molar-refractivity contribution in [2.75, 3.05) is 44.0 Å². The van der Waals surface area contributed by atoms with Gasteiger partial charge in [-0.15, -0.1) is 0 Å². The number of benzene rings is 1. The molecular formula is C18H27N3O4S. The fourth-order valence-corrected chi connectivity index (χ4v) is 4.82. The van der Waals surface area contributed by atoms with Gasteiger partial charge in [0.05, 0.1) is 11.5 Å². The smallest absolute Gasteiger partial charge is 0.313 e. The highest BCUT2D eigenvalue weighted by Gasteiger charge is 2.36. The zero-order valence-corrected chi connectivity index (χ0v) is 16.6. The van der Waals surface area contributed by atoms with Crippen LogP contribution < -0.4 is 5.32 Å². The van der Waals surface area contributed by atoms with Crippen LogP contribution in [-0.4, -0.2) is 74.8 Å². The monoisotopic (exact) mass is 381 g/mol. The predicted octanol–water partition coefficient (Wildman–Crippen LogP) is 0.819. The van der Waals surface area contributed by atoms with Crippen LogP contribution in [0.15, 0.2) is 18.2 Å². The number of nitrogens with zero attached hydrogens (tertiary/aromatic N) is 2. The van der Waals surface area contributed by atoms with Gasteiger partial charge in [0.25, 0.3) is 0 Å². The number of sulfone groups is 1. The summed E-state index contributed by atoms with van der Waals surface area (Å²) >= 11 is 0. The number of hydrogen-bond acceptors (Lipinski definition) is 5. The fourth-order valence-electron chi connectivity index (χ4n) is 3.09. The van der Waals surface area contributed by atoms with Crippen molar-refractivity contribution < 1.29 is 18.0 Å². The second-order valence-electron chi connectivity index (χ2n) is 7.08. The van der Waals surface area contributed by atoms with Gasteiger partial charge >= 0.3 is 11.8 Å². The molecule has 1 heterocycles. The molecule has 1 atom stereocenters. The Labute approximate surface area is 155 Å². The third-order valence-electron chi connectivity index (χ3n) is 4.61. The molecule has 1 fully saturated rings. The molecule has 7 nitrogen and oxygen atoms in total. The summed E-state index contributed by atoms with van der Waals surface area (Å²) in [6, 6.07) is 5.16. The molecule has 0 aromatic heterocycles. The summed E-state index contributed by atoms with van der Waals surface area (Å²) < 4.78 is 23.6. The van der Waals surface area contributed by atoms with E-state index in [0.717, 1.165) is 11.1 Å². The second kappa shape index (κ2) is 8.18. The lowest BCUT2D eigenvalue weighted by molar-refractivity contribution is -0.144. The molecule has 144 valence electrons. The molecule has 26 heavy (non-hydrogen) atoms. The number of likely N-dealkylation sites (N-methyl/N-ethyl adjacent to an activating group) is 1. The lowest BCUT2D eigenvalue weighted by Gasteiger charge is -2.29. The van der Waals surface area contributed by atoms with E-state index in [1.165, 1.54) is 4.90 Å². The third-order valence-corrected chi connectivity index (χ3v) is 6.36. The van der Waals surface area contributed by atoms with E-state index in [9.17, 15) is 18.0 Å². The Hall–Kier alpha value is -1.93. The van der Waals surface area contributed by atoms with E-state index >= 15 is 0 Å². The van der Waals surface area contributed by atoms with E-state index in [2.05, 4.69) is 5.32 Å². The molecule has 1 unspecified atom stereocenters. The molecule has 0 bridgehead atoms. The maximum Gasteiger partial charge on any atom is 0.313 e. The minimum atomic E-state index is -3.15. The van der Waals surface area contributed by atoms with E-state index in [0.29, 0.717) is 25.2 Å². The summed E-state index contributed by atoms with van der Waals surface area (Å²) in [4.78, 5) is 28.6. The second-order valence-corrected chi connectivity index (χ2v) is 9.31. The number of hydrogen-bond donors (Lipinski definition) is 1. The molecule has 2 rings (SSSR count). The van der Waals surface area contributed by atoms with Crippen LogP contribution in [0, 0.1) is 13.8 Å². The summed E-state index contributed by atoms with van der Waals surface area (Å²) in [7, 11) is 0.582. The Morgan fingerprint density at radius 3 is 2.27 bits per heavy atom. The molecular weight excluding hydrogens is 354 g/mol. The molecule has 1 saturated heterocycles. The SMILES string of the molecule is Cc1cccc(C)c1NC(=O)C(=O)N(CCN(C)C)C1CCS(=O)(=O)C1. The molecule has 1 N–H and O–H groups in total. The highest BCUT2D eigenvalue weighted by molar-refractivity contribution is 7.91. The van der Waals surface area contributed by atoms with Gasteiger partial charge < -0.3 is 15.1 Å². The maximum atomic E-state index is 12.8. The third kappa shape index (κ3) is 5.04. The minimum Gasteiger partial charge on any atom is -0.329 e. The Morgan fingerprint density at radius 1 is 1.15 bits per heavy atom. The fraction of sp³-hybridized carbons (Fsp3) is 0.556. The van der Waals surface area contributed by atoms with Crippen molar-refractivity contribution in [1.29, 1.82) is 0 Å². The molecule has 1 aliphatic heterocycles. The van der Waals surface area contributed by atoms with Crippen molar-refractivity contribution in [3.05, 3.63) is 29.3 Å². The van der Waals surface area contributed by atoms with Crippen LogP contribution in [0.4, 0.5) is 5.69 Å². The van der Waals surface area contributed by atoms with Crippen LogP contribution >= 0.6 is 0 Å². The number of carbonyl (C=O) groups excluding carboxylic acids is 2. The Morgan fingerprint density at radius 2 is 1.77 bits per heavy atom. The molecule has 0 spiro atoms. The van der Waals surface area contributed by atoms with E-state index < -0.39 is 27.7 Å². The van der Waals surface area contributed by atoms with Crippen molar-refractivity contribution in [3.8, 4) is 0 Å². The van der Waals surface area contributed by atoms with Crippen molar-refractivity contribution in [2.24, 2.45) is 0 Å². The summed E-state index contributed by atoms with van der Waals surface area (Å²) in [5, 5.41) is 2.70. The summed E-state index contributed by atoms with van der Waals surface area (Å²) in [6.45, 7) is 4.59. The number of anilines is 1. The van der Waals surface area contributed by atoms with Gasteiger partial charge in [0.15, 0.2) is 9.84 Å². The van der Waals surface area contributed by atoms with E-state index in [1.54, 1.807) is 0 Å².